The topological polar surface area (TPSA) is 84.4 Å². The first-order valence-electron chi connectivity index (χ1n) is 7.59. The van der Waals surface area contributed by atoms with Gasteiger partial charge >= 0.3 is 5.69 Å². The Bertz CT molecular complexity index is 639. The Morgan fingerprint density at radius 3 is 2.57 bits per heavy atom. The molecule has 0 aliphatic heterocycles. The van der Waals surface area contributed by atoms with Gasteiger partial charge in [0.05, 0.1) is 17.6 Å². The molecule has 0 aliphatic rings. The molecular formula is C16H22N4O3. The van der Waals surface area contributed by atoms with Gasteiger partial charge in [0.1, 0.15) is 12.4 Å². The van der Waals surface area contributed by atoms with Gasteiger partial charge in [0.15, 0.2) is 0 Å². The SMILES string of the molecule is CCc1ccc(CN(C)CC(O)Cn2cc([N+](=O)[O-])cn2)cc1. The fourth-order valence-electron chi connectivity index (χ4n) is 2.44. The minimum atomic E-state index is -0.644. The number of likely N-dealkylation sites (N-methyl/N-ethyl adjacent to an activating group) is 1. The molecule has 2 aromatic rings. The molecule has 0 saturated heterocycles. The maximum Gasteiger partial charge on any atom is 0.306 e. The fraction of sp³-hybridized carbons (Fsp3) is 0.438. The highest BCUT2D eigenvalue weighted by Gasteiger charge is 2.13. The number of nitro groups is 1. The summed E-state index contributed by atoms with van der Waals surface area (Å²) in [5, 5.41) is 24.6. The van der Waals surface area contributed by atoms with Gasteiger partial charge in [0.2, 0.25) is 0 Å². The number of nitrogens with zero attached hydrogens (tertiary/aromatic N) is 4. The molecule has 0 fully saturated rings. The van der Waals surface area contributed by atoms with E-state index in [0.717, 1.165) is 13.0 Å². The third kappa shape index (κ3) is 5.15. The number of aromatic nitrogens is 2. The largest absolute Gasteiger partial charge is 0.390 e. The highest BCUT2D eigenvalue weighted by molar-refractivity contribution is 5.22. The van der Waals surface area contributed by atoms with Gasteiger partial charge < -0.3 is 5.11 Å². The summed E-state index contributed by atoms with van der Waals surface area (Å²) in [5.74, 6) is 0. The molecule has 1 aromatic heterocycles. The lowest BCUT2D eigenvalue weighted by Crippen LogP contribution is -2.31. The van der Waals surface area contributed by atoms with E-state index in [1.807, 2.05) is 11.9 Å². The lowest BCUT2D eigenvalue weighted by atomic mass is 10.1. The van der Waals surface area contributed by atoms with Crippen molar-refractivity contribution in [1.29, 1.82) is 0 Å². The predicted molar refractivity (Wildman–Crippen MR) is 87.0 cm³/mol. The smallest absolute Gasteiger partial charge is 0.306 e. The Balaban J connectivity index is 1.83. The first-order chi connectivity index (χ1) is 11.0. The highest BCUT2D eigenvalue weighted by Crippen LogP contribution is 2.10. The number of hydrogen-bond acceptors (Lipinski definition) is 5. The lowest BCUT2D eigenvalue weighted by molar-refractivity contribution is -0.385. The second kappa shape index (κ2) is 7.85. The van der Waals surface area contributed by atoms with Crippen LogP contribution in [-0.4, -0.2) is 44.4 Å². The van der Waals surface area contributed by atoms with E-state index < -0.39 is 11.0 Å². The second-order valence-corrected chi connectivity index (χ2v) is 5.70. The van der Waals surface area contributed by atoms with Crippen molar-refractivity contribution in [3.8, 4) is 0 Å². The number of aryl methyl sites for hydroxylation is 1. The van der Waals surface area contributed by atoms with Gasteiger partial charge in [0.25, 0.3) is 0 Å². The molecule has 7 nitrogen and oxygen atoms in total. The maximum atomic E-state index is 10.6. The lowest BCUT2D eigenvalue weighted by Gasteiger charge is -2.20. The van der Waals surface area contributed by atoms with Crippen LogP contribution in [0.1, 0.15) is 18.1 Å². The Kier molecular flexibility index (Phi) is 5.84. The van der Waals surface area contributed by atoms with Crippen LogP contribution in [0.3, 0.4) is 0 Å². The first kappa shape index (κ1) is 17.1. The van der Waals surface area contributed by atoms with Gasteiger partial charge in [-0.15, -0.1) is 0 Å². The Labute approximate surface area is 135 Å². The van der Waals surface area contributed by atoms with Crippen molar-refractivity contribution in [1.82, 2.24) is 14.7 Å². The molecule has 0 radical (unpaired) electrons. The van der Waals surface area contributed by atoms with Gasteiger partial charge in [-0.1, -0.05) is 31.2 Å². The standard InChI is InChI=1S/C16H22N4O3/c1-3-13-4-6-14(7-5-13)9-18(2)11-16(21)12-19-10-15(8-17-19)20(22)23/h4-8,10,16,21H,3,9,11-12H2,1-2H3. The van der Waals surface area contributed by atoms with E-state index in [-0.39, 0.29) is 12.2 Å². The monoisotopic (exact) mass is 318 g/mol. The van der Waals surface area contributed by atoms with Crippen LogP contribution in [0.4, 0.5) is 5.69 Å². The van der Waals surface area contributed by atoms with Crippen molar-refractivity contribution in [2.75, 3.05) is 13.6 Å². The fourth-order valence-corrected chi connectivity index (χ4v) is 2.44. The molecular weight excluding hydrogens is 296 g/mol. The van der Waals surface area contributed by atoms with Gasteiger partial charge in [-0.25, -0.2) is 0 Å². The molecule has 23 heavy (non-hydrogen) atoms. The summed E-state index contributed by atoms with van der Waals surface area (Å²) in [6.07, 6.45) is 2.89. The second-order valence-electron chi connectivity index (χ2n) is 5.70. The average Bonchev–Trinajstić information content (AvgIpc) is 2.96. The molecule has 7 heteroatoms. The Morgan fingerprint density at radius 2 is 2.00 bits per heavy atom. The van der Waals surface area contributed by atoms with Crippen LogP contribution < -0.4 is 0 Å². The summed E-state index contributed by atoms with van der Waals surface area (Å²) < 4.78 is 1.40. The molecule has 1 atom stereocenters. The van der Waals surface area contributed by atoms with Crippen LogP contribution in [0, 0.1) is 10.1 Å². The van der Waals surface area contributed by atoms with Crippen LogP contribution >= 0.6 is 0 Å². The quantitative estimate of drug-likeness (QED) is 0.593. The summed E-state index contributed by atoms with van der Waals surface area (Å²) in [6.45, 7) is 3.55. The number of aliphatic hydroxyl groups is 1. The van der Waals surface area contributed by atoms with Crippen molar-refractivity contribution >= 4 is 5.69 Å². The molecule has 1 aromatic carbocycles. The van der Waals surface area contributed by atoms with Gasteiger partial charge in [0, 0.05) is 13.1 Å². The zero-order valence-corrected chi connectivity index (χ0v) is 13.4. The van der Waals surface area contributed by atoms with Crippen molar-refractivity contribution in [3.05, 3.63) is 57.9 Å². The van der Waals surface area contributed by atoms with Crippen molar-refractivity contribution < 1.29 is 10.0 Å². The van der Waals surface area contributed by atoms with Gasteiger partial charge in [-0.05, 0) is 24.6 Å². The van der Waals surface area contributed by atoms with E-state index >= 15 is 0 Å². The molecule has 0 spiro atoms. The summed E-state index contributed by atoms with van der Waals surface area (Å²) >= 11 is 0. The summed E-state index contributed by atoms with van der Waals surface area (Å²) in [5.41, 5.74) is 2.42. The van der Waals surface area contributed by atoms with Crippen LogP contribution in [0.2, 0.25) is 0 Å². The average molecular weight is 318 g/mol. The molecule has 0 saturated carbocycles. The molecule has 1 heterocycles. The summed E-state index contributed by atoms with van der Waals surface area (Å²) in [7, 11) is 1.93. The number of aliphatic hydroxyl groups excluding tert-OH is 1. The third-order valence-corrected chi connectivity index (χ3v) is 3.63. The van der Waals surface area contributed by atoms with E-state index in [2.05, 4.69) is 36.3 Å². The van der Waals surface area contributed by atoms with Crippen LogP contribution in [0.5, 0.6) is 0 Å². The Hall–Kier alpha value is -2.25. The van der Waals surface area contributed by atoms with E-state index in [1.165, 1.54) is 28.2 Å². The normalized spacial score (nSPS) is 12.5. The van der Waals surface area contributed by atoms with Crippen LogP contribution in [0.25, 0.3) is 0 Å². The van der Waals surface area contributed by atoms with Crippen molar-refractivity contribution in [3.63, 3.8) is 0 Å². The molecule has 0 bridgehead atoms. The van der Waals surface area contributed by atoms with Crippen LogP contribution in [0.15, 0.2) is 36.7 Å². The molecule has 1 N–H and O–H groups in total. The van der Waals surface area contributed by atoms with Gasteiger partial charge in [-0.3, -0.25) is 19.7 Å². The van der Waals surface area contributed by atoms with Crippen LogP contribution in [-0.2, 0) is 19.5 Å². The zero-order valence-electron chi connectivity index (χ0n) is 13.4. The third-order valence-electron chi connectivity index (χ3n) is 3.63. The first-order valence-corrected chi connectivity index (χ1v) is 7.59. The number of hydrogen-bond donors (Lipinski definition) is 1. The predicted octanol–water partition coefficient (Wildman–Crippen LogP) is 1.85. The summed E-state index contributed by atoms with van der Waals surface area (Å²) in [4.78, 5) is 12.1. The maximum absolute atomic E-state index is 10.6. The van der Waals surface area contributed by atoms with Gasteiger partial charge in [-0.2, -0.15) is 5.10 Å². The van der Waals surface area contributed by atoms with E-state index in [1.54, 1.807) is 0 Å². The summed E-state index contributed by atoms with van der Waals surface area (Å²) in [6, 6.07) is 8.42. The molecule has 124 valence electrons. The number of rotatable bonds is 8. The highest BCUT2D eigenvalue weighted by atomic mass is 16.6. The molecule has 0 amide bonds. The van der Waals surface area contributed by atoms with E-state index in [0.29, 0.717) is 6.54 Å². The van der Waals surface area contributed by atoms with E-state index in [9.17, 15) is 15.2 Å². The molecule has 0 aliphatic carbocycles. The molecule has 1 unspecified atom stereocenters. The van der Waals surface area contributed by atoms with E-state index in [4.69, 9.17) is 0 Å². The Morgan fingerprint density at radius 1 is 1.35 bits per heavy atom. The zero-order chi connectivity index (χ0) is 16.8. The van der Waals surface area contributed by atoms with Crippen molar-refractivity contribution in [2.45, 2.75) is 32.5 Å². The molecule has 2 rings (SSSR count). The minimum Gasteiger partial charge on any atom is -0.390 e. The number of benzene rings is 1. The minimum absolute atomic E-state index is 0.0680. The van der Waals surface area contributed by atoms with Crippen molar-refractivity contribution in [2.24, 2.45) is 0 Å².